The van der Waals surface area contributed by atoms with E-state index in [2.05, 4.69) is 10.6 Å². The molecule has 7 heteroatoms. The third-order valence-electron chi connectivity index (χ3n) is 3.72. The number of rotatable bonds is 4. The molecular formula is C20H13Cl2FN2O2. The van der Waals surface area contributed by atoms with Gasteiger partial charge in [0, 0.05) is 5.02 Å². The molecule has 0 spiro atoms. The number of nitrogens with one attached hydrogen (secondary N) is 2. The first-order chi connectivity index (χ1) is 13.0. The molecule has 0 aliphatic carbocycles. The molecule has 0 saturated heterocycles. The average Bonchev–Trinajstić information content (AvgIpc) is 2.64. The highest BCUT2D eigenvalue weighted by molar-refractivity contribution is 6.37. The second-order valence-corrected chi connectivity index (χ2v) is 6.40. The van der Waals surface area contributed by atoms with Crippen molar-refractivity contribution in [3.05, 3.63) is 93.7 Å². The summed E-state index contributed by atoms with van der Waals surface area (Å²) >= 11 is 11.9. The highest BCUT2D eigenvalue weighted by Gasteiger charge is 2.17. The zero-order chi connectivity index (χ0) is 19.4. The van der Waals surface area contributed by atoms with Gasteiger partial charge in [0.05, 0.1) is 27.5 Å². The summed E-state index contributed by atoms with van der Waals surface area (Å²) in [5.41, 5.74) is 0.705. The molecule has 0 unspecified atom stereocenters. The minimum atomic E-state index is -0.557. The van der Waals surface area contributed by atoms with Crippen molar-refractivity contribution in [2.75, 3.05) is 10.6 Å². The molecule has 0 aliphatic heterocycles. The van der Waals surface area contributed by atoms with Crippen molar-refractivity contribution in [3.8, 4) is 0 Å². The molecule has 27 heavy (non-hydrogen) atoms. The summed E-state index contributed by atoms with van der Waals surface area (Å²) in [5, 5.41) is 5.73. The Kier molecular flexibility index (Phi) is 5.74. The van der Waals surface area contributed by atoms with E-state index in [0.717, 1.165) is 0 Å². The van der Waals surface area contributed by atoms with Gasteiger partial charge in [-0.1, -0.05) is 47.5 Å². The van der Waals surface area contributed by atoms with Crippen molar-refractivity contribution in [3.63, 3.8) is 0 Å². The molecule has 0 atom stereocenters. The average molecular weight is 403 g/mol. The lowest BCUT2D eigenvalue weighted by Gasteiger charge is -2.12. The monoisotopic (exact) mass is 402 g/mol. The summed E-state index contributed by atoms with van der Waals surface area (Å²) in [4.78, 5) is 25.0. The molecule has 4 nitrogen and oxygen atoms in total. The van der Waals surface area contributed by atoms with E-state index in [1.807, 2.05) is 0 Å². The first-order valence-corrected chi connectivity index (χ1v) is 8.62. The first kappa shape index (κ1) is 18.9. The van der Waals surface area contributed by atoms with Gasteiger partial charge in [0.2, 0.25) is 0 Å². The number of hydrogen-bond acceptors (Lipinski definition) is 2. The molecule has 0 fully saturated rings. The molecule has 0 aromatic heterocycles. The molecule has 0 saturated carbocycles. The van der Waals surface area contributed by atoms with Crippen LogP contribution in [0.5, 0.6) is 0 Å². The van der Waals surface area contributed by atoms with Gasteiger partial charge in [-0.25, -0.2) is 4.39 Å². The molecule has 3 aromatic rings. The number of amides is 2. The van der Waals surface area contributed by atoms with Crippen LogP contribution in [-0.4, -0.2) is 11.8 Å². The third-order valence-corrected chi connectivity index (χ3v) is 4.27. The van der Waals surface area contributed by atoms with Crippen molar-refractivity contribution >= 4 is 46.4 Å². The molecule has 0 radical (unpaired) electrons. The zero-order valence-electron chi connectivity index (χ0n) is 13.8. The summed E-state index contributed by atoms with van der Waals surface area (Å²) < 4.78 is 13.8. The minimum absolute atomic E-state index is 0.0457. The van der Waals surface area contributed by atoms with Gasteiger partial charge in [-0.15, -0.1) is 0 Å². The number of carbonyl (C=O) groups excluding carboxylic acids is 2. The quantitative estimate of drug-likeness (QED) is 0.593. The number of halogens is 3. The van der Waals surface area contributed by atoms with Crippen LogP contribution in [0.3, 0.4) is 0 Å². The second-order valence-electron chi connectivity index (χ2n) is 5.56. The number of carbonyl (C=O) groups is 2. The predicted molar refractivity (Wildman–Crippen MR) is 105 cm³/mol. The number of benzene rings is 3. The van der Waals surface area contributed by atoms with Crippen LogP contribution in [0.4, 0.5) is 15.8 Å². The normalized spacial score (nSPS) is 10.3. The molecule has 2 amide bonds. The van der Waals surface area contributed by atoms with E-state index < -0.39 is 17.6 Å². The molecule has 0 heterocycles. The van der Waals surface area contributed by atoms with Crippen molar-refractivity contribution in [1.82, 2.24) is 0 Å². The third kappa shape index (κ3) is 4.45. The van der Waals surface area contributed by atoms with Gasteiger partial charge in [-0.3, -0.25) is 9.59 Å². The van der Waals surface area contributed by atoms with Gasteiger partial charge in [-0.2, -0.15) is 0 Å². The van der Waals surface area contributed by atoms with Gasteiger partial charge in [0.25, 0.3) is 11.8 Å². The predicted octanol–water partition coefficient (Wildman–Crippen LogP) is 5.64. The molecule has 3 aromatic carbocycles. The van der Waals surface area contributed by atoms with Crippen molar-refractivity contribution < 1.29 is 14.0 Å². The highest BCUT2D eigenvalue weighted by Crippen LogP contribution is 2.24. The Labute approximate surface area is 164 Å². The fourth-order valence-corrected chi connectivity index (χ4v) is 2.90. The van der Waals surface area contributed by atoms with E-state index in [0.29, 0.717) is 5.02 Å². The van der Waals surface area contributed by atoms with Gasteiger partial charge in [-0.05, 0) is 42.5 Å². The van der Waals surface area contributed by atoms with Crippen molar-refractivity contribution in [2.24, 2.45) is 0 Å². The fraction of sp³-hybridized carbons (Fsp3) is 0. The Morgan fingerprint density at radius 3 is 2.04 bits per heavy atom. The van der Waals surface area contributed by atoms with E-state index in [1.54, 1.807) is 30.3 Å². The summed E-state index contributed by atoms with van der Waals surface area (Å²) in [7, 11) is 0. The summed E-state index contributed by atoms with van der Waals surface area (Å²) in [6.45, 7) is 0. The highest BCUT2D eigenvalue weighted by atomic mass is 35.5. The number of anilines is 2. The maximum absolute atomic E-state index is 13.8. The topological polar surface area (TPSA) is 58.2 Å². The van der Waals surface area contributed by atoms with Crippen LogP contribution in [0, 0.1) is 5.82 Å². The van der Waals surface area contributed by atoms with Gasteiger partial charge in [0.1, 0.15) is 5.82 Å². The van der Waals surface area contributed by atoms with Gasteiger partial charge < -0.3 is 10.6 Å². The van der Waals surface area contributed by atoms with Crippen LogP contribution in [0.1, 0.15) is 20.7 Å². The van der Waals surface area contributed by atoms with E-state index in [1.165, 1.54) is 36.4 Å². The molecular weight excluding hydrogens is 390 g/mol. The van der Waals surface area contributed by atoms with Gasteiger partial charge in [0.15, 0.2) is 0 Å². The Balaban J connectivity index is 1.84. The summed E-state index contributed by atoms with van der Waals surface area (Å²) in [5.74, 6) is -1.61. The maximum Gasteiger partial charge on any atom is 0.257 e. The SMILES string of the molecule is O=C(Nc1ccccc1C(=O)Nc1ccccc1F)c1ccc(Cl)cc1Cl. The molecule has 136 valence electrons. The largest absolute Gasteiger partial charge is 0.321 e. The fourth-order valence-electron chi connectivity index (χ4n) is 2.41. The number of para-hydroxylation sites is 2. The van der Waals surface area contributed by atoms with E-state index >= 15 is 0 Å². The Morgan fingerprint density at radius 1 is 0.741 bits per heavy atom. The summed E-state index contributed by atoms with van der Waals surface area (Å²) in [6.07, 6.45) is 0. The Hall–Kier alpha value is -2.89. The van der Waals surface area contributed by atoms with Crippen molar-refractivity contribution in [2.45, 2.75) is 0 Å². The minimum Gasteiger partial charge on any atom is -0.321 e. The van der Waals surface area contributed by atoms with E-state index in [9.17, 15) is 14.0 Å². The molecule has 0 bridgehead atoms. The zero-order valence-corrected chi connectivity index (χ0v) is 15.3. The van der Waals surface area contributed by atoms with Crippen LogP contribution in [0.15, 0.2) is 66.7 Å². The van der Waals surface area contributed by atoms with Crippen LogP contribution in [-0.2, 0) is 0 Å². The Bertz CT molecular complexity index is 1020. The molecule has 0 aliphatic rings. The van der Waals surface area contributed by atoms with Crippen molar-refractivity contribution in [1.29, 1.82) is 0 Å². The van der Waals surface area contributed by atoms with E-state index in [-0.39, 0.29) is 27.5 Å². The van der Waals surface area contributed by atoms with Crippen LogP contribution in [0.2, 0.25) is 10.0 Å². The first-order valence-electron chi connectivity index (χ1n) is 7.87. The summed E-state index contributed by atoms with van der Waals surface area (Å²) in [6, 6.07) is 16.7. The standard InChI is InChI=1S/C20H13Cl2FN2O2/c21-12-9-10-13(15(22)11-12)19(26)24-17-7-3-1-5-14(17)20(27)25-18-8-4-2-6-16(18)23/h1-11H,(H,24,26)(H,25,27). The Morgan fingerprint density at radius 2 is 1.33 bits per heavy atom. The van der Waals surface area contributed by atoms with Crippen LogP contribution >= 0.6 is 23.2 Å². The molecule has 2 N–H and O–H groups in total. The molecule has 3 rings (SSSR count). The lowest BCUT2D eigenvalue weighted by molar-refractivity contribution is 0.102. The van der Waals surface area contributed by atoms with Crippen LogP contribution < -0.4 is 10.6 Å². The number of hydrogen-bond donors (Lipinski definition) is 2. The smallest absolute Gasteiger partial charge is 0.257 e. The second kappa shape index (κ2) is 8.20. The van der Waals surface area contributed by atoms with Crippen LogP contribution in [0.25, 0.3) is 0 Å². The van der Waals surface area contributed by atoms with Gasteiger partial charge >= 0.3 is 0 Å². The lowest BCUT2D eigenvalue weighted by atomic mass is 10.1. The lowest BCUT2D eigenvalue weighted by Crippen LogP contribution is -2.18. The van der Waals surface area contributed by atoms with E-state index in [4.69, 9.17) is 23.2 Å². The maximum atomic E-state index is 13.8.